The Morgan fingerprint density at radius 1 is 1.31 bits per heavy atom. The molecule has 2 atom stereocenters. The lowest BCUT2D eigenvalue weighted by atomic mass is 9.88. The molecule has 3 rings (SSSR count). The van der Waals surface area contributed by atoms with Crippen LogP contribution in [0.2, 0.25) is 0 Å². The summed E-state index contributed by atoms with van der Waals surface area (Å²) >= 11 is 0. The van der Waals surface area contributed by atoms with E-state index in [1.54, 1.807) is 36.9 Å². The molecule has 7 nitrogen and oxygen atoms in total. The summed E-state index contributed by atoms with van der Waals surface area (Å²) in [5.74, 6) is 0.173. The Labute approximate surface area is 158 Å². The molecule has 1 fully saturated rings. The van der Waals surface area contributed by atoms with E-state index in [1.165, 1.54) is 0 Å². The SMILES string of the molecule is CC1Oc2ccc(C(=O)C3CCN(C(=O)[C@@H](C)N)CC3)cc2NC1=O.Cl. The average Bonchev–Trinajstić information content (AvgIpc) is 2.61. The lowest BCUT2D eigenvalue weighted by Crippen LogP contribution is -2.46. The lowest BCUT2D eigenvalue weighted by molar-refractivity contribution is -0.133. The number of Topliss-reactive ketones (excluding diaryl/α,β-unsaturated/α-hetero) is 1. The van der Waals surface area contributed by atoms with Crippen LogP contribution in [0.15, 0.2) is 18.2 Å². The third kappa shape index (κ3) is 3.99. The Morgan fingerprint density at radius 2 is 1.96 bits per heavy atom. The number of benzene rings is 1. The van der Waals surface area contributed by atoms with Crippen LogP contribution in [0.5, 0.6) is 5.75 Å². The van der Waals surface area contributed by atoms with Crippen molar-refractivity contribution in [2.45, 2.75) is 38.8 Å². The summed E-state index contributed by atoms with van der Waals surface area (Å²) in [4.78, 5) is 38.1. The molecule has 0 bridgehead atoms. The second kappa shape index (κ2) is 8.05. The molecule has 1 unspecified atom stereocenters. The molecule has 8 heteroatoms. The highest BCUT2D eigenvalue weighted by molar-refractivity contribution is 6.02. The van der Waals surface area contributed by atoms with Gasteiger partial charge in [-0.2, -0.15) is 0 Å². The van der Waals surface area contributed by atoms with Crippen molar-refractivity contribution in [3.63, 3.8) is 0 Å². The number of likely N-dealkylation sites (tertiary alicyclic amines) is 1. The Kier molecular flexibility index (Phi) is 6.26. The molecular weight excluding hydrogens is 358 g/mol. The molecule has 0 radical (unpaired) electrons. The number of rotatable bonds is 3. The highest BCUT2D eigenvalue weighted by atomic mass is 35.5. The van der Waals surface area contributed by atoms with Gasteiger partial charge in [-0.15, -0.1) is 12.4 Å². The third-order valence-electron chi connectivity index (χ3n) is 4.76. The number of ether oxygens (including phenoxy) is 1. The highest BCUT2D eigenvalue weighted by Crippen LogP contribution is 2.32. The van der Waals surface area contributed by atoms with Gasteiger partial charge in [0.15, 0.2) is 11.9 Å². The summed E-state index contributed by atoms with van der Waals surface area (Å²) in [7, 11) is 0. The first kappa shape index (κ1) is 20.2. The van der Waals surface area contributed by atoms with Crippen LogP contribution in [0.4, 0.5) is 5.69 Å². The molecule has 3 N–H and O–H groups in total. The molecule has 2 amide bonds. The van der Waals surface area contributed by atoms with Crippen LogP contribution in [-0.2, 0) is 9.59 Å². The molecule has 2 aliphatic heterocycles. The van der Waals surface area contributed by atoms with Crippen molar-refractivity contribution in [1.29, 1.82) is 0 Å². The molecule has 1 aromatic carbocycles. The first-order chi connectivity index (χ1) is 11.9. The number of carbonyl (C=O) groups excluding carboxylic acids is 3. The van der Waals surface area contributed by atoms with Crippen molar-refractivity contribution in [1.82, 2.24) is 4.90 Å². The van der Waals surface area contributed by atoms with Crippen molar-refractivity contribution in [3.05, 3.63) is 23.8 Å². The largest absolute Gasteiger partial charge is 0.479 e. The number of anilines is 1. The maximum atomic E-state index is 12.8. The van der Waals surface area contributed by atoms with Crippen molar-refractivity contribution in [2.75, 3.05) is 18.4 Å². The minimum Gasteiger partial charge on any atom is -0.479 e. The molecule has 142 valence electrons. The standard InChI is InChI=1S/C18H23N3O4.ClH/c1-10(19)18(24)21-7-5-12(6-8-21)16(22)13-3-4-15-14(9-13)20-17(23)11(2)25-15;/h3-4,9-12H,5-8,19H2,1-2H3,(H,20,23);1H/t10-,11?;/m1./s1. The van der Waals surface area contributed by atoms with Crippen LogP contribution in [0.3, 0.4) is 0 Å². The quantitative estimate of drug-likeness (QED) is 0.774. The first-order valence-corrected chi connectivity index (χ1v) is 8.57. The van der Waals surface area contributed by atoms with E-state index < -0.39 is 12.1 Å². The number of ketones is 1. The summed E-state index contributed by atoms with van der Waals surface area (Å²) in [6.07, 6.45) is 0.698. The second-order valence-corrected chi connectivity index (χ2v) is 6.71. The number of nitrogens with zero attached hydrogens (tertiary/aromatic N) is 1. The van der Waals surface area contributed by atoms with Gasteiger partial charge in [-0.1, -0.05) is 0 Å². The number of hydrogen-bond donors (Lipinski definition) is 2. The summed E-state index contributed by atoms with van der Waals surface area (Å²) < 4.78 is 5.51. The fraction of sp³-hybridized carbons (Fsp3) is 0.500. The predicted octanol–water partition coefficient (Wildman–Crippen LogP) is 1.60. The maximum Gasteiger partial charge on any atom is 0.265 e. The van der Waals surface area contributed by atoms with E-state index in [1.807, 2.05) is 0 Å². The van der Waals surface area contributed by atoms with Crippen LogP contribution in [0.1, 0.15) is 37.0 Å². The molecule has 0 aromatic heterocycles. The smallest absolute Gasteiger partial charge is 0.265 e. The summed E-state index contributed by atoms with van der Waals surface area (Å²) in [5, 5.41) is 2.76. The molecule has 2 heterocycles. The number of carbonyl (C=O) groups is 3. The lowest BCUT2D eigenvalue weighted by Gasteiger charge is -2.32. The van der Waals surface area contributed by atoms with E-state index >= 15 is 0 Å². The van der Waals surface area contributed by atoms with E-state index in [0.717, 1.165) is 0 Å². The van der Waals surface area contributed by atoms with Crippen molar-refractivity contribution < 1.29 is 19.1 Å². The normalized spacial score (nSPS) is 21.0. The zero-order valence-electron chi connectivity index (χ0n) is 14.9. The van der Waals surface area contributed by atoms with Gasteiger partial charge in [-0.05, 0) is 44.9 Å². The molecule has 1 saturated heterocycles. The van der Waals surface area contributed by atoms with Gasteiger partial charge in [0.1, 0.15) is 5.75 Å². The number of amides is 2. The van der Waals surface area contributed by atoms with Crippen molar-refractivity contribution >= 4 is 35.7 Å². The van der Waals surface area contributed by atoms with Gasteiger partial charge in [-0.25, -0.2) is 0 Å². The number of nitrogens with one attached hydrogen (secondary N) is 1. The second-order valence-electron chi connectivity index (χ2n) is 6.71. The number of halogens is 1. The fourth-order valence-electron chi connectivity index (χ4n) is 3.25. The van der Waals surface area contributed by atoms with Crippen LogP contribution < -0.4 is 15.8 Å². The van der Waals surface area contributed by atoms with Crippen LogP contribution >= 0.6 is 12.4 Å². The predicted molar refractivity (Wildman–Crippen MR) is 99.7 cm³/mol. The highest BCUT2D eigenvalue weighted by Gasteiger charge is 2.30. The Morgan fingerprint density at radius 3 is 2.58 bits per heavy atom. The van der Waals surface area contributed by atoms with E-state index in [4.69, 9.17) is 10.5 Å². The molecule has 26 heavy (non-hydrogen) atoms. The number of piperidine rings is 1. The zero-order valence-corrected chi connectivity index (χ0v) is 15.7. The maximum absolute atomic E-state index is 12.8. The third-order valence-corrected chi connectivity index (χ3v) is 4.76. The zero-order chi connectivity index (χ0) is 18.1. The van der Waals surface area contributed by atoms with Crippen molar-refractivity contribution in [3.8, 4) is 5.75 Å². The van der Waals surface area contributed by atoms with E-state index in [0.29, 0.717) is 42.9 Å². The van der Waals surface area contributed by atoms with Crippen LogP contribution in [0, 0.1) is 5.92 Å². The Balaban J connectivity index is 0.00000243. The van der Waals surface area contributed by atoms with Gasteiger partial charge in [0.2, 0.25) is 5.91 Å². The summed E-state index contributed by atoms with van der Waals surface area (Å²) in [6, 6.07) is 4.60. The Hall–Kier alpha value is -2.12. The van der Waals surface area contributed by atoms with E-state index in [-0.39, 0.29) is 35.9 Å². The summed E-state index contributed by atoms with van der Waals surface area (Å²) in [6.45, 7) is 4.43. The topological polar surface area (TPSA) is 102 Å². The Bertz CT molecular complexity index is 714. The molecular formula is C18H24ClN3O4. The number of hydrogen-bond acceptors (Lipinski definition) is 5. The molecule has 1 aromatic rings. The first-order valence-electron chi connectivity index (χ1n) is 8.57. The fourth-order valence-corrected chi connectivity index (χ4v) is 3.25. The molecule has 0 saturated carbocycles. The minimum atomic E-state index is -0.541. The molecule has 0 aliphatic carbocycles. The summed E-state index contributed by atoms with van der Waals surface area (Å²) in [5.41, 5.74) is 6.71. The number of nitrogens with two attached hydrogens (primary N) is 1. The van der Waals surface area contributed by atoms with Crippen LogP contribution in [-0.4, -0.2) is 47.7 Å². The van der Waals surface area contributed by atoms with Crippen LogP contribution in [0.25, 0.3) is 0 Å². The van der Waals surface area contributed by atoms with Gasteiger partial charge >= 0.3 is 0 Å². The average molecular weight is 382 g/mol. The van der Waals surface area contributed by atoms with Gasteiger partial charge in [0.05, 0.1) is 11.7 Å². The van der Waals surface area contributed by atoms with Crippen molar-refractivity contribution in [2.24, 2.45) is 11.7 Å². The molecule has 0 spiro atoms. The number of fused-ring (bicyclic) bond motifs is 1. The minimum absolute atomic E-state index is 0. The monoisotopic (exact) mass is 381 g/mol. The van der Waals surface area contributed by atoms with E-state index in [9.17, 15) is 14.4 Å². The van der Waals surface area contributed by atoms with Gasteiger partial charge < -0.3 is 20.7 Å². The van der Waals surface area contributed by atoms with Gasteiger partial charge in [-0.3, -0.25) is 14.4 Å². The van der Waals surface area contributed by atoms with Gasteiger partial charge in [0.25, 0.3) is 5.91 Å². The van der Waals surface area contributed by atoms with E-state index in [2.05, 4.69) is 5.32 Å². The van der Waals surface area contributed by atoms with Gasteiger partial charge in [0, 0.05) is 24.6 Å². The molecule has 2 aliphatic rings.